The predicted molar refractivity (Wildman–Crippen MR) is 91.3 cm³/mol. The van der Waals surface area contributed by atoms with Gasteiger partial charge in [-0.2, -0.15) is 18.3 Å². The molecule has 148 valence electrons. The maximum Gasteiger partial charge on any atom is 0.453 e. The van der Waals surface area contributed by atoms with Crippen LogP contribution in [0.3, 0.4) is 0 Å². The average Bonchev–Trinajstić information content (AvgIpc) is 3.28. The Morgan fingerprint density at radius 1 is 1.29 bits per heavy atom. The summed E-state index contributed by atoms with van der Waals surface area (Å²) in [5, 5.41) is 12.0. The van der Waals surface area contributed by atoms with Gasteiger partial charge in [-0.15, -0.1) is 5.10 Å². The van der Waals surface area contributed by atoms with E-state index in [-0.39, 0.29) is 18.9 Å². The Labute approximate surface area is 157 Å². The Balaban J connectivity index is 1.68. The zero-order chi connectivity index (χ0) is 20.3. The van der Waals surface area contributed by atoms with E-state index in [4.69, 9.17) is 5.73 Å². The Bertz CT molecular complexity index is 948. The molecule has 0 fully saturated rings. The molecule has 0 radical (unpaired) electrons. The number of aromatic amines is 1. The quantitative estimate of drug-likeness (QED) is 0.580. The van der Waals surface area contributed by atoms with Crippen molar-refractivity contribution in [3.05, 3.63) is 47.8 Å². The molecular weight excluding hydrogens is 377 g/mol. The van der Waals surface area contributed by atoms with E-state index in [1.54, 1.807) is 6.92 Å². The molecule has 12 heteroatoms. The third-order valence-corrected chi connectivity index (χ3v) is 3.67. The minimum atomic E-state index is -4.65. The van der Waals surface area contributed by atoms with Crippen LogP contribution in [0.5, 0.6) is 0 Å². The molecule has 0 aliphatic rings. The summed E-state index contributed by atoms with van der Waals surface area (Å²) in [5.74, 6) is -1.06. The lowest BCUT2D eigenvalue weighted by molar-refractivity contribution is -0.144. The number of amides is 1. The Morgan fingerprint density at radius 2 is 2.00 bits per heavy atom. The van der Waals surface area contributed by atoms with Gasteiger partial charge >= 0.3 is 6.18 Å². The fourth-order valence-electron chi connectivity index (χ4n) is 2.39. The first-order valence-corrected chi connectivity index (χ1v) is 8.25. The number of H-pyrrole nitrogens is 1. The summed E-state index contributed by atoms with van der Waals surface area (Å²) in [4.78, 5) is 19.8. The van der Waals surface area contributed by atoms with Crippen LogP contribution in [0, 0.1) is 0 Å². The van der Waals surface area contributed by atoms with Crippen molar-refractivity contribution in [3.8, 4) is 11.4 Å². The molecule has 0 saturated carbocycles. The number of carbonyl (C=O) groups is 1. The van der Waals surface area contributed by atoms with E-state index >= 15 is 0 Å². The maximum absolute atomic E-state index is 12.5. The number of nitrogens with two attached hydrogens (primary N) is 1. The Morgan fingerprint density at radius 3 is 2.61 bits per heavy atom. The largest absolute Gasteiger partial charge is 0.453 e. The highest BCUT2D eigenvalue weighted by Gasteiger charge is 2.36. The van der Waals surface area contributed by atoms with Crippen molar-refractivity contribution in [3.63, 3.8) is 0 Å². The summed E-state index contributed by atoms with van der Waals surface area (Å²) in [6.45, 7) is 1.27. The van der Waals surface area contributed by atoms with Crippen molar-refractivity contribution < 1.29 is 18.0 Å². The molecule has 3 rings (SSSR count). The van der Waals surface area contributed by atoms with Gasteiger partial charge in [0.25, 0.3) is 5.82 Å². The van der Waals surface area contributed by atoms with Crippen molar-refractivity contribution in [2.45, 2.75) is 32.2 Å². The van der Waals surface area contributed by atoms with Crippen LogP contribution in [-0.4, -0.2) is 35.9 Å². The van der Waals surface area contributed by atoms with Crippen LogP contribution in [0.1, 0.15) is 30.4 Å². The first kappa shape index (κ1) is 19.5. The molecule has 0 bridgehead atoms. The number of hydrogen-bond donors (Lipinski definition) is 3. The number of alkyl halides is 3. The molecule has 1 aromatic carbocycles. The minimum absolute atomic E-state index is 0.114. The Kier molecular flexibility index (Phi) is 5.40. The molecule has 4 N–H and O–H groups in total. The SMILES string of the molecule is C[C@H](N)c1nc(-c2ccccc2)nn1CC(=O)NCc1nc(C(F)(F)F)n[nH]1. The normalized spacial score (nSPS) is 12.8. The van der Waals surface area contributed by atoms with Gasteiger partial charge in [0.1, 0.15) is 18.2 Å². The predicted octanol–water partition coefficient (Wildman–Crippen LogP) is 1.42. The molecule has 0 spiro atoms. The topological polar surface area (TPSA) is 127 Å². The number of carbonyl (C=O) groups excluding carboxylic acids is 1. The van der Waals surface area contributed by atoms with E-state index in [9.17, 15) is 18.0 Å². The molecule has 3 aromatic rings. The van der Waals surface area contributed by atoms with Crippen LogP contribution < -0.4 is 11.1 Å². The number of hydrogen-bond acceptors (Lipinski definition) is 6. The van der Waals surface area contributed by atoms with Crippen molar-refractivity contribution in [2.75, 3.05) is 0 Å². The van der Waals surface area contributed by atoms with Gasteiger partial charge in [-0.1, -0.05) is 30.3 Å². The monoisotopic (exact) mass is 394 g/mol. The van der Waals surface area contributed by atoms with Gasteiger partial charge in [-0.3, -0.25) is 9.89 Å². The first-order valence-electron chi connectivity index (χ1n) is 8.25. The molecule has 0 aliphatic heterocycles. The highest BCUT2D eigenvalue weighted by molar-refractivity contribution is 5.75. The second-order valence-corrected chi connectivity index (χ2v) is 5.99. The molecule has 28 heavy (non-hydrogen) atoms. The van der Waals surface area contributed by atoms with Crippen LogP contribution in [0.25, 0.3) is 11.4 Å². The second-order valence-electron chi connectivity index (χ2n) is 5.99. The van der Waals surface area contributed by atoms with Crippen LogP contribution in [0.4, 0.5) is 13.2 Å². The van der Waals surface area contributed by atoms with Crippen LogP contribution >= 0.6 is 0 Å². The molecule has 1 amide bonds. The van der Waals surface area contributed by atoms with E-state index < -0.39 is 23.9 Å². The molecule has 0 aliphatic carbocycles. The lowest BCUT2D eigenvalue weighted by Crippen LogP contribution is -2.29. The summed E-state index contributed by atoms with van der Waals surface area (Å²) in [6, 6.07) is 8.71. The Hall–Kier alpha value is -3.28. The van der Waals surface area contributed by atoms with Gasteiger partial charge in [-0.05, 0) is 6.92 Å². The number of nitrogens with zero attached hydrogens (tertiary/aromatic N) is 5. The summed E-state index contributed by atoms with van der Waals surface area (Å²) in [5.41, 5.74) is 6.67. The van der Waals surface area contributed by atoms with Crippen LogP contribution in [0.15, 0.2) is 30.3 Å². The molecule has 1 atom stereocenters. The second kappa shape index (κ2) is 7.76. The molecule has 2 aromatic heterocycles. The van der Waals surface area contributed by atoms with Gasteiger partial charge in [-0.25, -0.2) is 14.6 Å². The van der Waals surface area contributed by atoms with Gasteiger partial charge in [0, 0.05) is 5.56 Å². The minimum Gasteiger partial charge on any atom is -0.347 e. The summed E-state index contributed by atoms with van der Waals surface area (Å²) in [6.07, 6.45) is -4.65. The third kappa shape index (κ3) is 4.52. The number of rotatable bonds is 6. The first-order chi connectivity index (χ1) is 13.2. The highest BCUT2D eigenvalue weighted by atomic mass is 19.4. The van der Waals surface area contributed by atoms with Crippen molar-refractivity contribution in [1.29, 1.82) is 0 Å². The number of benzene rings is 1. The summed E-state index contributed by atoms with van der Waals surface area (Å²) >= 11 is 0. The molecule has 0 unspecified atom stereocenters. The molecular formula is C16H17F3N8O. The average molecular weight is 394 g/mol. The summed E-state index contributed by atoms with van der Waals surface area (Å²) < 4.78 is 38.8. The van der Waals surface area contributed by atoms with Gasteiger partial charge < -0.3 is 11.1 Å². The lowest BCUT2D eigenvalue weighted by atomic mass is 10.2. The highest BCUT2D eigenvalue weighted by Crippen LogP contribution is 2.25. The number of nitrogens with one attached hydrogen (secondary N) is 2. The van der Waals surface area contributed by atoms with Crippen LogP contribution in [-0.2, 0) is 24.1 Å². The van der Waals surface area contributed by atoms with E-state index in [0.29, 0.717) is 11.6 Å². The van der Waals surface area contributed by atoms with Crippen LogP contribution in [0.2, 0.25) is 0 Å². The van der Waals surface area contributed by atoms with E-state index in [0.717, 1.165) is 5.56 Å². The molecule has 9 nitrogen and oxygen atoms in total. The van der Waals surface area contributed by atoms with E-state index in [1.807, 2.05) is 30.3 Å². The van der Waals surface area contributed by atoms with Crippen molar-refractivity contribution >= 4 is 5.91 Å². The molecule has 2 heterocycles. The zero-order valence-corrected chi connectivity index (χ0v) is 14.7. The fourth-order valence-corrected chi connectivity index (χ4v) is 2.39. The van der Waals surface area contributed by atoms with E-state index in [2.05, 4.69) is 30.6 Å². The standard InChI is InChI=1S/C16H17F3N8O/c1-9(20)14-23-13(10-5-3-2-4-6-10)26-27(14)8-12(28)21-7-11-22-15(25-24-11)16(17,18)19/h2-6,9H,7-8,20H2,1H3,(H,21,28)(H,22,24,25)/t9-/m0/s1. The number of halogens is 3. The molecule has 0 saturated heterocycles. The fraction of sp³-hybridized carbons (Fsp3) is 0.312. The van der Waals surface area contributed by atoms with Crippen molar-refractivity contribution in [1.82, 2.24) is 35.3 Å². The van der Waals surface area contributed by atoms with Gasteiger partial charge in [0.2, 0.25) is 5.91 Å². The number of aromatic nitrogens is 6. The maximum atomic E-state index is 12.5. The third-order valence-electron chi connectivity index (χ3n) is 3.67. The zero-order valence-electron chi connectivity index (χ0n) is 14.7. The smallest absolute Gasteiger partial charge is 0.347 e. The lowest BCUT2D eigenvalue weighted by Gasteiger charge is -2.08. The van der Waals surface area contributed by atoms with Gasteiger partial charge in [0.05, 0.1) is 12.6 Å². The van der Waals surface area contributed by atoms with E-state index in [1.165, 1.54) is 4.68 Å². The van der Waals surface area contributed by atoms with Gasteiger partial charge in [0.15, 0.2) is 5.82 Å². The summed E-state index contributed by atoms with van der Waals surface area (Å²) in [7, 11) is 0. The van der Waals surface area contributed by atoms with Crippen molar-refractivity contribution in [2.24, 2.45) is 5.73 Å².